The maximum atomic E-state index is 12.1. The van der Waals surface area contributed by atoms with E-state index >= 15 is 0 Å². The highest BCUT2D eigenvalue weighted by Gasteiger charge is 2.49. The molecule has 4 heteroatoms. The Bertz CT molecular complexity index is 322. The highest BCUT2D eigenvalue weighted by Crippen LogP contribution is 2.43. The number of hydrogen-bond acceptors (Lipinski definition) is 3. The van der Waals surface area contributed by atoms with E-state index < -0.39 is 0 Å². The fraction of sp³-hybridized carbons (Fsp3) is 0.929. The van der Waals surface area contributed by atoms with Gasteiger partial charge in [0.15, 0.2) is 0 Å². The number of nitrogens with zero attached hydrogens (tertiary/aromatic N) is 1. The first kappa shape index (κ1) is 12.3. The number of amides is 1. The van der Waals surface area contributed by atoms with Crippen molar-refractivity contribution in [2.24, 2.45) is 17.8 Å². The van der Waals surface area contributed by atoms with Crippen molar-refractivity contribution in [3.63, 3.8) is 0 Å². The average Bonchev–Trinajstić information content (AvgIpc) is 2.74. The molecular formula is C14H24N2O2. The molecule has 0 radical (unpaired) electrons. The predicted molar refractivity (Wildman–Crippen MR) is 69.3 cm³/mol. The van der Waals surface area contributed by atoms with Gasteiger partial charge in [-0.05, 0) is 57.9 Å². The van der Waals surface area contributed by atoms with E-state index in [2.05, 4.69) is 5.32 Å². The first-order valence-electron chi connectivity index (χ1n) is 7.15. The van der Waals surface area contributed by atoms with E-state index in [1.807, 2.05) is 25.7 Å². The Morgan fingerprint density at radius 1 is 1.22 bits per heavy atom. The van der Waals surface area contributed by atoms with E-state index in [1.54, 1.807) is 0 Å². The van der Waals surface area contributed by atoms with E-state index in [4.69, 9.17) is 4.74 Å². The van der Waals surface area contributed by atoms with E-state index in [1.165, 1.54) is 12.8 Å². The number of carbonyl (C=O) groups excluding carboxylic acids is 1. The molecule has 0 unspecified atom stereocenters. The van der Waals surface area contributed by atoms with Crippen molar-refractivity contribution in [3.05, 3.63) is 0 Å². The molecule has 3 aliphatic heterocycles. The predicted octanol–water partition coefficient (Wildman–Crippen LogP) is 1.85. The van der Waals surface area contributed by atoms with Crippen LogP contribution < -0.4 is 5.32 Å². The van der Waals surface area contributed by atoms with Crippen LogP contribution in [0.25, 0.3) is 0 Å². The van der Waals surface area contributed by atoms with Crippen LogP contribution in [-0.4, -0.2) is 42.3 Å². The molecule has 0 aromatic heterocycles. The minimum Gasteiger partial charge on any atom is -0.444 e. The third-order valence-electron chi connectivity index (χ3n) is 4.68. The Labute approximate surface area is 109 Å². The lowest BCUT2D eigenvalue weighted by Crippen LogP contribution is -2.54. The Morgan fingerprint density at radius 2 is 1.94 bits per heavy atom. The summed E-state index contributed by atoms with van der Waals surface area (Å²) >= 11 is 0. The smallest absolute Gasteiger partial charge is 0.410 e. The molecule has 0 aromatic carbocycles. The SMILES string of the molecule is CC(C)(C)OC(=O)N1C[C@@H]2[C@@H](C1)[C@H]1CC[C@H]2NC1. The summed E-state index contributed by atoms with van der Waals surface area (Å²) in [5.41, 5.74) is -0.387. The van der Waals surface area contributed by atoms with Crippen LogP contribution in [0.2, 0.25) is 0 Å². The first-order chi connectivity index (χ1) is 8.44. The summed E-state index contributed by atoms with van der Waals surface area (Å²) < 4.78 is 5.49. The van der Waals surface area contributed by atoms with Gasteiger partial charge in [-0.3, -0.25) is 0 Å². The van der Waals surface area contributed by atoms with Crippen molar-refractivity contribution in [3.8, 4) is 0 Å². The zero-order valence-corrected chi connectivity index (χ0v) is 11.6. The molecule has 0 aromatic rings. The summed E-state index contributed by atoms with van der Waals surface area (Å²) in [6.45, 7) is 8.72. The molecule has 1 N–H and O–H groups in total. The monoisotopic (exact) mass is 252 g/mol. The Hall–Kier alpha value is -0.770. The van der Waals surface area contributed by atoms with E-state index in [0.717, 1.165) is 25.6 Å². The molecule has 4 rings (SSSR count). The van der Waals surface area contributed by atoms with Crippen molar-refractivity contribution >= 4 is 6.09 Å². The number of piperidine rings is 2. The molecule has 4 nitrogen and oxygen atoms in total. The molecular weight excluding hydrogens is 228 g/mol. The third-order valence-corrected chi connectivity index (χ3v) is 4.68. The molecule has 102 valence electrons. The third kappa shape index (κ3) is 2.11. The second kappa shape index (κ2) is 4.12. The van der Waals surface area contributed by atoms with Crippen LogP contribution in [0.15, 0.2) is 0 Å². The summed E-state index contributed by atoms with van der Waals surface area (Å²) in [6, 6.07) is 0.632. The van der Waals surface area contributed by atoms with E-state index in [9.17, 15) is 4.79 Å². The number of nitrogens with one attached hydrogen (secondary N) is 1. The van der Waals surface area contributed by atoms with Crippen LogP contribution in [0, 0.1) is 17.8 Å². The maximum Gasteiger partial charge on any atom is 0.410 e. The molecule has 0 spiro atoms. The lowest BCUT2D eigenvalue weighted by Gasteiger charge is -2.45. The van der Waals surface area contributed by atoms with Crippen molar-refractivity contribution in [2.45, 2.75) is 45.3 Å². The zero-order valence-electron chi connectivity index (χ0n) is 11.6. The second-order valence-corrected chi connectivity index (χ2v) is 7.07. The summed E-state index contributed by atoms with van der Waals surface area (Å²) in [5, 5.41) is 3.62. The fourth-order valence-electron chi connectivity index (χ4n) is 3.89. The number of ether oxygens (including phenoxy) is 1. The van der Waals surface area contributed by atoms with Crippen LogP contribution in [-0.2, 0) is 4.74 Å². The van der Waals surface area contributed by atoms with Gasteiger partial charge >= 0.3 is 6.09 Å². The molecule has 4 aliphatic rings. The molecule has 4 fully saturated rings. The molecule has 3 saturated heterocycles. The van der Waals surface area contributed by atoms with E-state index in [0.29, 0.717) is 17.9 Å². The average molecular weight is 252 g/mol. The summed E-state index contributed by atoms with van der Waals surface area (Å²) in [5.74, 6) is 2.13. The fourth-order valence-corrected chi connectivity index (χ4v) is 3.89. The normalized spacial score (nSPS) is 38.7. The van der Waals surface area contributed by atoms with Crippen LogP contribution in [0.3, 0.4) is 0 Å². The number of carbonyl (C=O) groups is 1. The summed E-state index contributed by atoms with van der Waals surface area (Å²) in [6.07, 6.45) is 2.49. The molecule has 2 bridgehead atoms. The summed E-state index contributed by atoms with van der Waals surface area (Å²) in [7, 11) is 0. The largest absolute Gasteiger partial charge is 0.444 e. The van der Waals surface area contributed by atoms with Crippen molar-refractivity contribution < 1.29 is 9.53 Å². The van der Waals surface area contributed by atoms with Gasteiger partial charge in [0.1, 0.15) is 5.60 Å². The van der Waals surface area contributed by atoms with Gasteiger partial charge in [0.25, 0.3) is 0 Å². The first-order valence-corrected chi connectivity index (χ1v) is 7.15. The molecule has 4 atom stereocenters. The van der Waals surface area contributed by atoms with Gasteiger partial charge in [-0.25, -0.2) is 4.79 Å². The lowest BCUT2D eigenvalue weighted by atomic mass is 9.68. The molecule has 18 heavy (non-hydrogen) atoms. The number of fused-ring (bicyclic) bond motifs is 2. The highest BCUT2D eigenvalue weighted by atomic mass is 16.6. The quantitative estimate of drug-likeness (QED) is 0.715. The van der Waals surface area contributed by atoms with Gasteiger partial charge < -0.3 is 15.0 Å². The standard InChI is InChI=1S/C14H24N2O2/c1-14(2,3)18-13(17)16-7-10-9-4-5-12(15-6-9)11(10)8-16/h9-12,15H,4-8H2,1-3H3/t9-,10-,11+,12+/m0/s1. The Balaban J connectivity index is 1.66. The van der Waals surface area contributed by atoms with Crippen LogP contribution in [0.4, 0.5) is 4.79 Å². The molecule has 3 heterocycles. The van der Waals surface area contributed by atoms with E-state index in [-0.39, 0.29) is 11.7 Å². The van der Waals surface area contributed by atoms with Gasteiger partial charge in [-0.1, -0.05) is 0 Å². The van der Waals surface area contributed by atoms with Crippen LogP contribution >= 0.6 is 0 Å². The van der Waals surface area contributed by atoms with Crippen molar-refractivity contribution in [1.82, 2.24) is 10.2 Å². The Kier molecular flexibility index (Phi) is 2.81. The van der Waals surface area contributed by atoms with Gasteiger partial charge in [0.2, 0.25) is 0 Å². The molecule has 1 aliphatic carbocycles. The minimum atomic E-state index is -0.387. The second-order valence-electron chi connectivity index (χ2n) is 7.07. The van der Waals surface area contributed by atoms with Crippen molar-refractivity contribution in [1.29, 1.82) is 0 Å². The highest BCUT2D eigenvalue weighted by molar-refractivity contribution is 5.68. The number of hydrogen-bond donors (Lipinski definition) is 1. The van der Waals surface area contributed by atoms with Crippen LogP contribution in [0.5, 0.6) is 0 Å². The maximum absolute atomic E-state index is 12.1. The molecule has 1 saturated carbocycles. The molecule has 1 amide bonds. The Morgan fingerprint density at radius 3 is 2.50 bits per heavy atom. The minimum absolute atomic E-state index is 0.128. The summed E-state index contributed by atoms with van der Waals surface area (Å²) in [4.78, 5) is 14.1. The lowest BCUT2D eigenvalue weighted by molar-refractivity contribution is 0.0283. The number of likely N-dealkylation sites (tertiary alicyclic amines) is 1. The van der Waals surface area contributed by atoms with Gasteiger partial charge in [-0.15, -0.1) is 0 Å². The van der Waals surface area contributed by atoms with Crippen molar-refractivity contribution in [2.75, 3.05) is 19.6 Å². The zero-order chi connectivity index (χ0) is 12.9. The van der Waals surface area contributed by atoms with Gasteiger partial charge in [-0.2, -0.15) is 0 Å². The number of rotatable bonds is 0. The van der Waals surface area contributed by atoms with Gasteiger partial charge in [0.05, 0.1) is 0 Å². The van der Waals surface area contributed by atoms with Gasteiger partial charge in [0, 0.05) is 19.1 Å². The topological polar surface area (TPSA) is 41.6 Å². The van der Waals surface area contributed by atoms with Crippen LogP contribution in [0.1, 0.15) is 33.6 Å².